The van der Waals surface area contributed by atoms with Gasteiger partial charge in [0.1, 0.15) is 0 Å². The second-order valence-electron chi connectivity index (χ2n) is 4.06. The fraction of sp³-hybridized carbons (Fsp3) is 0.385. The predicted octanol–water partition coefficient (Wildman–Crippen LogP) is 1.90. The van der Waals surface area contributed by atoms with E-state index in [1.807, 2.05) is 31.2 Å². The first kappa shape index (κ1) is 13.6. The standard InChI is InChI=1S/C13H18N2OS/c1-3-10-4-6-11(7-5-10)13(16)15-8-9(2)12(14)17/h4-7,9H,3,8H2,1-2H3,(H2,14,17)(H,15,16). The quantitative estimate of drug-likeness (QED) is 0.785. The number of nitrogens with two attached hydrogens (primary N) is 1. The smallest absolute Gasteiger partial charge is 0.251 e. The fourth-order valence-corrected chi connectivity index (χ4v) is 1.42. The lowest BCUT2D eigenvalue weighted by Gasteiger charge is -2.11. The van der Waals surface area contributed by atoms with Gasteiger partial charge in [-0.1, -0.05) is 38.2 Å². The molecular weight excluding hydrogens is 232 g/mol. The third kappa shape index (κ3) is 4.15. The lowest BCUT2D eigenvalue weighted by atomic mass is 10.1. The van der Waals surface area contributed by atoms with Gasteiger partial charge < -0.3 is 11.1 Å². The van der Waals surface area contributed by atoms with Crippen LogP contribution in [0.15, 0.2) is 24.3 Å². The van der Waals surface area contributed by atoms with Gasteiger partial charge in [-0.25, -0.2) is 0 Å². The van der Waals surface area contributed by atoms with Gasteiger partial charge >= 0.3 is 0 Å². The Bertz CT molecular complexity index is 400. The van der Waals surface area contributed by atoms with E-state index in [1.54, 1.807) is 0 Å². The molecule has 3 nitrogen and oxygen atoms in total. The molecule has 0 radical (unpaired) electrons. The zero-order valence-corrected chi connectivity index (χ0v) is 11.0. The molecule has 3 N–H and O–H groups in total. The zero-order chi connectivity index (χ0) is 12.8. The van der Waals surface area contributed by atoms with Crippen LogP contribution in [-0.4, -0.2) is 17.4 Å². The van der Waals surface area contributed by atoms with Crippen LogP contribution in [0.2, 0.25) is 0 Å². The molecule has 0 saturated heterocycles. The van der Waals surface area contributed by atoms with Crippen molar-refractivity contribution in [2.75, 3.05) is 6.54 Å². The molecule has 0 aliphatic rings. The first-order valence-corrected chi connectivity index (χ1v) is 6.12. The molecule has 1 unspecified atom stereocenters. The van der Waals surface area contributed by atoms with E-state index in [0.29, 0.717) is 17.1 Å². The van der Waals surface area contributed by atoms with Crippen molar-refractivity contribution >= 4 is 23.1 Å². The molecule has 1 rings (SSSR count). The molecule has 0 aromatic heterocycles. The van der Waals surface area contributed by atoms with Crippen LogP contribution in [0.1, 0.15) is 29.8 Å². The largest absolute Gasteiger partial charge is 0.393 e. The molecule has 0 saturated carbocycles. The molecule has 0 fully saturated rings. The number of hydrogen-bond donors (Lipinski definition) is 2. The zero-order valence-electron chi connectivity index (χ0n) is 10.2. The second-order valence-corrected chi connectivity index (χ2v) is 4.54. The van der Waals surface area contributed by atoms with Gasteiger partial charge in [-0.05, 0) is 24.1 Å². The summed E-state index contributed by atoms with van der Waals surface area (Å²) in [6.07, 6.45) is 0.973. The SMILES string of the molecule is CCc1ccc(C(=O)NCC(C)C(N)=S)cc1. The Hall–Kier alpha value is -1.42. The third-order valence-corrected chi connectivity index (χ3v) is 3.08. The van der Waals surface area contributed by atoms with E-state index in [0.717, 1.165) is 6.42 Å². The number of nitrogens with one attached hydrogen (secondary N) is 1. The van der Waals surface area contributed by atoms with Crippen LogP contribution in [-0.2, 0) is 6.42 Å². The van der Waals surface area contributed by atoms with Crippen molar-refractivity contribution in [1.82, 2.24) is 5.32 Å². The summed E-state index contributed by atoms with van der Waals surface area (Å²) in [7, 11) is 0. The van der Waals surface area contributed by atoms with Crippen molar-refractivity contribution in [2.45, 2.75) is 20.3 Å². The van der Waals surface area contributed by atoms with E-state index < -0.39 is 0 Å². The number of hydrogen-bond acceptors (Lipinski definition) is 2. The van der Waals surface area contributed by atoms with Crippen molar-refractivity contribution in [3.8, 4) is 0 Å². The molecular formula is C13H18N2OS. The van der Waals surface area contributed by atoms with Gasteiger partial charge in [0.25, 0.3) is 5.91 Å². The normalized spacial score (nSPS) is 11.9. The molecule has 0 heterocycles. The Labute approximate surface area is 107 Å². The Morgan fingerprint density at radius 1 is 1.41 bits per heavy atom. The summed E-state index contributed by atoms with van der Waals surface area (Å²) in [6, 6.07) is 7.59. The number of benzene rings is 1. The summed E-state index contributed by atoms with van der Waals surface area (Å²) >= 11 is 4.85. The maximum atomic E-state index is 11.8. The molecule has 1 aromatic carbocycles. The van der Waals surface area contributed by atoms with Gasteiger partial charge in [-0.2, -0.15) is 0 Å². The number of amides is 1. The summed E-state index contributed by atoms with van der Waals surface area (Å²) in [5, 5.41) is 2.81. The molecule has 1 aromatic rings. The van der Waals surface area contributed by atoms with Crippen molar-refractivity contribution in [3.63, 3.8) is 0 Å². The number of rotatable bonds is 5. The average Bonchev–Trinajstić information content (AvgIpc) is 2.35. The summed E-state index contributed by atoms with van der Waals surface area (Å²) in [5.74, 6) is -0.0698. The predicted molar refractivity (Wildman–Crippen MR) is 74.1 cm³/mol. The van der Waals surface area contributed by atoms with Crippen LogP contribution >= 0.6 is 12.2 Å². The lowest BCUT2D eigenvalue weighted by Crippen LogP contribution is -2.33. The minimum absolute atomic E-state index is 0.0175. The highest BCUT2D eigenvalue weighted by Gasteiger charge is 2.09. The minimum atomic E-state index is -0.0873. The number of carbonyl (C=O) groups is 1. The summed E-state index contributed by atoms with van der Waals surface area (Å²) in [5.41, 5.74) is 7.36. The molecule has 0 aliphatic carbocycles. The highest BCUT2D eigenvalue weighted by Crippen LogP contribution is 2.05. The van der Waals surface area contributed by atoms with E-state index in [1.165, 1.54) is 5.56 Å². The van der Waals surface area contributed by atoms with Crippen molar-refractivity contribution in [1.29, 1.82) is 0 Å². The topological polar surface area (TPSA) is 55.1 Å². The summed E-state index contributed by atoms with van der Waals surface area (Å²) < 4.78 is 0. The Morgan fingerprint density at radius 3 is 2.47 bits per heavy atom. The average molecular weight is 250 g/mol. The summed E-state index contributed by atoms with van der Waals surface area (Å²) in [6.45, 7) is 4.45. The minimum Gasteiger partial charge on any atom is -0.393 e. The van der Waals surface area contributed by atoms with E-state index in [-0.39, 0.29) is 11.8 Å². The van der Waals surface area contributed by atoms with Crippen LogP contribution in [0, 0.1) is 5.92 Å². The number of thiocarbonyl (C=S) groups is 1. The molecule has 17 heavy (non-hydrogen) atoms. The molecule has 0 spiro atoms. The highest BCUT2D eigenvalue weighted by atomic mass is 32.1. The van der Waals surface area contributed by atoms with Gasteiger partial charge in [0.2, 0.25) is 0 Å². The number of carbonyl (C=O) groups excluding carboxylic acids is 1. The Kier molecular flexibility index (Phi) is 5.10. The van der Waals surface area contributed by atoms with E-state index in [9.17, 15) is 4.79 Å². The molecule has 4 heteroatoms. The Morgan fingerprint density at radius 2 is 2.00 bits per heavy atom. The van der Waals surface area contributed by atoms with Crippen LogP contribution in [0.25, 0.3) is 0 Å². The maximum Gasteiger partial charge on any atom is 0.251 e. The fourth-order valence-electron chi connectivity index (χ4n) is 1.34. The van der Waals surface area contributed by atoms with Crippen molar-refractivity contribution < 1.29 is 4.79 Å². The highest BCUT2D eigenvalue weighted by molar-refractivity contribution is 7.80. The van der Waals surface area contributed by atoms with Gasteiger partial charge in [-0.15, -0.1) is 0 Å². The molecule has 92 valence electrons. The molecule has 0 aliphatic heterocycles. The summed E-state index contributed by atoms with van der Waals surface area (Å²) in [4.78, 5) is 12.2. The van der Waals surface area contributed by atoms with Gasteiger partial charge in [0.05, 0.1) is 4.99 Å². The second kappa shape index (κ2) is 6.35. The third-order valence-electron chi connectivity index (χ3n) is 2.68. The molecule has 1 atom stereocenters. The van der Waals surface area contributed by atoms with Crippen molar-refractivity contribution in [3.05, 3.63) is 35.4 Å². The van der Waals surface area contributed by atoms with E-state index in [2.05, 4.69) is 12.2 Å². The molecule has 0 bridgehead atoms. The van der Waals surface area contributed by atoms with Gasteiger partial charge in [0.15, 0.2) is 0 Å². The van der Waals surface area contributed by atoms with E-state index in [4.69, 9.17) is 18.0 Å². The monoisotopic (exact) mass is 250 g/mol. The lowest BCUT2D eigenvalue weighted by molar-refractivity contribution is 0.0951. The van der Waals surface area contributed by atoms with Crippen LogP contribution in [0.3, 0.4) is 0 Å². The van der Waals surface area contributed by atoms with Gasteiger partial charge in [0, 0.05) is 18.0 Å². The Balaban J connectivity index is 2.55. The van der Waals surface area contributed by atoms with Crippen LogP contribution in [0.5, 0.6) is 0 Å². The number of aryl methyl sites for hydroxylation is 1. The maximum absolute atomic E-state index is 11.8. The van der Waals surface area contributed by atoms with E-state index >= 15 is 0 Å². The van der Waals surface area contributed by atoms with Crippen molar-refractivity contribution in [2.24, 2.45) is 11.7 Å². The molecule has 1 amide bonds. The van der Waals surface area contributed by atoms with Crippen LogP contribution in [0.4, 0.5) is 0 Å². The van der Waals surface area contributed by atoms with Gasteiger partial charge in [-0.3, -0.25) is 4.79 Å². The van der Waals surface area contributed by atoms with Crippen LogP contribution < -0.4 is 11.1 Å². The first-order chi connectivity index (χ1) is 8.04. The first-order valence-electron chi connectivity index (χ1n) is 5.71.